The third kappa shape index (κ3) is 1.70. The van der Waals surface area contributed by atoms with Crippen LogP contribution in [0.1, 0.15) is 51.9 Å². The first-order valence-corrected chi connectivity index (χ1v) is 6.25. The lowest BCUT2D eigenvalue weighted by Gasteiger charge is -2.47. The van der Waals surface area contributed by atoms with Crippen molar-refractivity contribution in [3.05, 3.63) is 0 Å². The third-order valence-corrected chi connectivity index (χ3v) is 4.33. The van der Waals surface area contributed by atoms with Gasteiger partial charge < -0.3 is 5.73 Å². The fourth-order valence-corrected chi connectivity index (χ4v) is 3.44. The Balaban J connectivity index is 2.09. The van der Waals surface area contributed by atoms with E-state index in [4.69, 9.17) is 5.73 Å². The van der Waals surface area contributed by atoms with Crippen LogP contribution < -0.4 is 5.73 Å². The van der Waals surface area contributed by atoms with Gasteiger partial charge in [-0.15, -0.1) is 0 Å². The molecule has 82 valence electrons. The zero-order valence-electron chi connectivity index (χ0n) is 9.47. The summed E-state index contributed by atoms with van der Waals surface area (Å²) in [6.07, 6.45) is 9.63. The SMILES string of the molecule is C[C@H]1CCCCN1C1(CN)CCCC1. The molecule has 0 aromatic heterocycles. The van der Waals surface area contributed by atoms with Crippen LogP contribution in [0.5, 0.6) is 0 Å². The Morgan fingerprint density at radius 2 is 1.93 bits per heavy atom. The minimum absolute atomic E-state index is 0.389. The van der Waals surface area contributed by atoms with Crippen LogP contribution in [0.15, 0.2) is 0 Å². The molecule has 0 aromatic rings. The van der Waals surface area contributed by atoms with Gasteiger partial charge in [0.05, 0.1) is 0 Å². The molecule has 1 saturated heterocycles. The summed E-state index contributed by atoms with van der Waals surface area (Å²) in [5, 5.41) is 0. The van der Waals surface area contributed by atoms with Gasteiger partial charge >= 0.3 is 0 Å². The van der Waals surface area contributed by atoms with Gasteiger partial charge in [0.2, 0.25) is 0 Å². The van der Waals surface area contributed by atoms with Crippen molar-refractivity contribution in [1.82, 2.24) is 4.90 Å². The normalized spacial score (nSPS) is 33.4. The van der Waals surface area contributed by atoms with Crippen LogP contribution in [0.2, 0.25) is 0 Å². The maximum Gasteiger partial charge on any atom is 0.0334 e. The molecule has 1 heterocycles. The van der Waals surface area contributed by atoms with Gasteiger partial charge in [-0.3, -0.25) is 4.90 Å². The van der Waals surface area contributed by atoms with Gasteiger partial charge in [0, 0.05) is 18.1 Å². The Morgan fingerprint density at radius 1 is 1.21 bits per heavy atom. The minimum Gasteiger partial charge on any atom is -0.329 e. The first kappa shape index (κ1) is 10.4. The monoisotopic (exact) mass is 196 g/mol. The topological polar surface area (TPSA) is 29.3 Å². The van der Waals surface area contributed by atoms with Crippen molar-refractivity contribution in [2.45, 2.75) is 63.5 Å². The van der Waals surface area contributed by atoms with E-state index < -0.39 is 0 Å². The average Bonchev–Trinajstić information content (AvgIpc) is 2.68. The number of hydrogen-bond acceptors (Lipinski definition) is 2. The van der Waals surface area contributed by atoms with Crippen molar-refractivity contribution in [1.29, 1.82) is 0 Å². The number of likely N-dealkylation sites (tertiary alicyclic amines) is 1. The lowest BCUT2D eigenvalue weighted by Crippen LogP contribution is -2.57. The number of piperidine rings is 1. The second-order valence-electron chi connectivity index (χ2n) is 5.17. The van der Waals surface area contributed by atoms with Crippen molar-refractivity contribution in [3.63, 3.8) is 0 Å². The van der Waals surface area contributed by atoms with Crippen LogP contribution in [0.3, 0.4) is 0 Å². The maximum atomic E-state index is 6.02. The summed E-state index contributed by atoms with van der Waals surface area (Å²) in [6.45, 7) is 4.55. The highest BCUT2D eigenvalue weighted by atomic mass is 15.2. The summed E-state index contributed by atoms with van der Waals surface area (Å²) in [6, 6.07) is 0.769. The van der Waals surface area contributed by atoms with Crippen molar-refractivity contribution in [2.24, 2.45) is 5.73 Å². The average molecular weight is 196 g/mol. The van der Waals surface area contributed by atoms with Crippen LogP contribution in [-0.2, 0) is 0 Å². The van der Waals surface area contributed by atoms with Gasteiger partial charge in [-0.1, -0.05) is 19.3 Å². The standard InChI is InChI=1S/C12H24N2/c1-11-6-2-5-9-14(11)12(10-13)7-3-4-8-12/h11H,2-10,13H2,1H3/t11-/m0/s1. The van der Waals surface area contributed by atoms with Crippen LogP contribution in [0.25, 0.3) is 0 Å². The van der Waals surface area contributed by atoms with E-state index >= 15 is 0 Å². The van der Waals surface area contributed by atoms with E-state index in [0.717, 1.165) is 12.6 Å². The Labute approximate surface area is 87.8 Å². The van der Waals surface area contributed by atoms with Gasteiger partial charge in [0.25, 0.3) is 0 Å². The predicted octanol–water partition coefficient (Wildman–Crippen LogP) is 2.13. The molecule has 2 nitrogen and oxygen atoms in total. The van der Waals surface area contributed by atoms with Crippen molar-refractivity contribution in [2.75, 3.05) is 13.1 Å². The number of nitrogens with two attached hydrogens (primary N) is 1. The molecule has 1 aliphatic carbocycles. The summed E-state index contributed by atoms with van der Waals surface area (Å²) >= 11 is 0. The first-order valence-electron chi connectivity index (χ1n) is 6.25. The molecule has 2 aliphatic rings. The number of nitrogens with zero attached hydrogens (tertiary/aromatic N) is 1. The second kappa shape index (κ2) is 4.19. The summed E-state index contributed by atoms with van der Waals surface area (Å²) in [5.41, 5.74) is 6.41. The lowest BCUT2D eigenvalue weighted by atomic mass is 9.89. The van der Waals surface area contributed by atoms with Gasteiger partial charge in [-0.05, 0) is 39.2 Å². The smallest absolute Gasteiger partial charge is 0.0334 e. The lowest BCUT2D eigenvalue weighted by molar-refractivity contribution is 0.0337. The molecule has 2 rings (SSSR count). The van der Waals surface area contributed by atoms with Crippen LogP contribution in [0.4, 0.5) is 0 Å². The van der Waals surface area contributed by atoms with Crippen LogP contribution in [-0.4, -0.2) is 29.6 Å². The molecule has 0 radical (unpaired) electrons. The predicted molar refractivity (Wildman–Crippen MR) is 60.3 cm³/mol. The van der Waals surface area contributed by atoms with E-state index in [1.54, 1.807) is 0 Å². The summed E-state index contributed by atoms with van der Waals surface area (Å²) in [5.74, 6) is 0. The largest absolute Gasteiger partial charge is 0.329 e. The maximum absolute atomic E-state index is 6.02. The van der Waals surface area contributed by atoms with Gasteiger partial charge in [0.1, 0.15) is 0 Å². The molecule has 0 aromatic carbocycles. The summed E-state index contributed by atoms with van der Waals surface area (Å²) in [7, 11) is 0. The summed E-state index contributed by atoms with van der Waals surface area (Å²) in [4.78, 5) is 2.73. The first-order chi connectivity index (χ1) is 6.78. The van der Waals surface area contributed by atoms with Crippen LogP contribution in [0, 0.1) is 0 Å². The minimum atomic E-state index is 0.389. The molecule has 0 unspecified atom stereocenters. The molecule has 0 spiro atoms. The van der Waals surface area contributed by atoms with E-state index in [1.807, 2.05) is 0 Å². The molecular formula is C12H24N2. The molecule has 0 bridgehead atoms. The Bertz CT molecular complexity index is 185. The van der Waals surface area contributed by atoms with Gasteiger partial charge in [-0.2, -0.15) is 0 Å². The van der Waals surface area contributed by atoms with Gasteiger partial charge in [0.15, 0.2) is 0 Å². The van der Waals surface area contributed by atoms with Crippen LogP contribution >= 0.6 is 0 Å². The van der Waals surface area contributed by atoms with Gasteiger partial charge in [-0.25, -0.2) is 0 Å². The Hall–Kier alpha value is -0.0800. The molecule has 2 fully saturated rings. The van der Waals surface area contributed by atoms with E-state index in [9.17, 15) is 0 Å². The quantitative estimate of drug-likeness (QED) is 0.733. The molecule has 14 heavy (non-hydrogen) atoms. The Kier molecular flexibility index (Phi) is 3.13. The molecule has 1 atom stereocenters. The molecule has 1 aliphatic heterocycles. The summed E-state index contributed by atoms with van der Waals surface area (Å²) < 4.78 is 0. The van der Waals surface area contributed by atoms with E-state index in [0.29, 0.717) is 5.54 Å². The molecular weight excluding hydrogens is 172 g/mol. The fraction of sp³-hybridized carbons (Fsp3) is 1.00. The highest BCUT2D eigenvalue weighted by Crippen LogP contribution is 2.38. The van der Waals surface area contributed by atoms with E-state index in [1.165, 1.54) is 51.5 Å². The highest BCUT2D eigenvalue weighted by molar-refractivity contribution is 4.98. The van der Waals surface area contributed by atoms with E-state index in [-0.39, 0.29) is 0 Å². The molecule has 2 heteroatoms. The van der Waals surface area contributed by atoms with E-state index in [2.05, 4.69) is 11.8 Å². The number of rotatable bonds is 2. The fourth-order valence-electron chi connectivity index (χ4n) is 3.44. The zero-order chi connectivity index (χ0) is 10.0. The van der Waals surface area contributed by atoms with Crippen molar-refractivity contribution >= 4 is 0 Å². The second-order valence-corrected chi connectivity index (χ2v) is 5.17. The third-order valence-electron chi connectivity index (χ3n) is 4.33. The molecule has 1 saturated carbocycles. The zero-order valence-corrected chi connectivity index (χ0v) is 9.47. The van der Waals surface area contributed by atoms with Crippen molar-refractivity contribution < 1.29 is 0 Å². The Morgan fingerprint density at radius 3 is 2.50 bits per heavy atom. The van der Waals surface area contributed by atoms with Crippen molar-refractivity contribution in [3.8, 4) is 0 Å². The molecule has 2 N–H and O–H groups in total. The highest BCUT2D eigenvalue weighted by Gasteiger charge is 2.40. The number of hydrogen-bond donors (Lipinski definition) is 1. The molecule has 0 amide bonds.